The molecule has 9 nitrogen and oxygen atoms in total. The molecule has 6 rings (SSSR count). The van der Waals surface area contributed by atoms with E-state index in [1.165, 1.54) is 44.6 Å². The lowest BCUT2D eigenvalue weighted by atomic mass is 9.82. The fourth-order valence-corrected chi connectivity index (χ4v) is 9.81. The maximum absolute atomic E-state index is 12.1. The molecule has 0 saturated heterocycles. The predicted molar refractivity (Wildman–Crippen MR) is 193 cm³/mol. The van der Waals surface area contributed by atoms with Crippen LogP contribution in [0.15, 0.2) is 12.7 Å². The van der Waals surface area contributed by atoms with E-state index in [-0.39, 0.29) is 63.8 Å². The Labute approximate surface area is 298 Å². The summed E-state index contributed by atoms with van der Waals surface area (Å²) in [6, 6.07) is 0. The van der Waals surface area contributed by atoms with E-state index >= 15 is 0 Å². The highest BCUT2D eigenvalue weighted by Gasteiger charge is 2.54. The second kappa shape index (κ2) is 22.8. The second-order valence-electron chi connectivity index (χ2n) is 14.2. The van der Waals surface area contributed by atoms with Gasteiger partial charge in [0.25, 0.3) is 0 Å². The molecule has 10 unspecified atom stereocenters. The molecule has 6 aliphatic carbocycles. The van der Waals surface area contributed by atoms with Gasteiger partial charge in [0.1, 0.15) is 0 Å². The first-order valence-electron chi connectivity index (χ1n) is 18.6. The molecule has 0 amide bonds. The normalized spacial score (nSPS) is 33.2. The molecule has 286 valence electrons. The molecular formula is C40H72O9. The highest BCUT2D eigenvalue weighted by Crippen LogP contribution is 2.61. The molecule has 9 heteroatoms. The van der Waals surface area contributed by atoms with Crippen molar-refractivity contribution in [1.29, 1.82) is 0 Å². The lowest BCUT2D eigenvalue weighted by Gasteiger charge is -2.23. The minimum absolute atomic E-state index is 0. The van der Waals surface area contributed by atoms with E-state index in [0.717, 1.165) is 73.0 Å². The van der Waals surface area contributed by atoms with Crippen LogP contribution in [-0.2, 0) is 38.1 Å². The summed E-state index contributed by atoms with van der Waals surface area (Å²) in [5, 5.41) is 7.57. The smallest absolute Gasteiger partial charge is 0.311 e. The van der Waals surface area contributed by atoms with E-state index in [1.54, 1.807) is 27.7 Å². The molecular weight excluding hydrogens is 624 g/mol. The van der Waals surface area contributed by atoms with Gasteiger partial charge in [0.05, 0.1) is 24.9 Å². The number of aliphatic hydroxyl groups excluding tert-OH is 1. The van der Waals surface area contributed by atoms with Gasteiger partial charge < -0.3 is 28.8 Å². The summed E-state index contributed by atoms with van der Waals surface area (Å²) >= 11 is 0. The van der Waals surface area contributed by atoms with Crippen LogP contribution in [0.25, 0.3) is 0 Å². The third kappa shape index (κ3) is 12.6. The average Bonchev–Trinajstić information content (AvgIpc) is 3.87. The molecule has 4 bridgehead atoms. The highest BCUT2D eigenvalue weighted by atomic mass is 16.7. The van der Waals surface area contributed by atoms with Gasteiger partial charge in [-0.1, -0.05) is 20.9 Å². The number of hydrogen-bond acceptors (Lipinski definition) is 9. The van der Waals surface area contributed by atoms with E-state index in [4.69, 9.17) is 24.1 Å². The molecule has 10 atom stereocenters. The Morgan fingerprint density at radius 2 is 0.980 bits per heavy atom. The number of carbonyl (C=O) groups is 3. The van der Waals surface area contributed by atoms with Gasteiger partial charge in [-0.05, 0) is 153 Å². The highest BCUT2D eigenvalue weighted by molar-refractivity contribution is 5.73. The molecule has 6 fully saturated rings. The summed E-state index contributed by atoms with van der Waals surface area (Å²) in [6.07, 6.45) is 13.8. The predicted octanol–water partition coefficient (Wildman–Crippen LogP) is 8.37. The summed E-state index contributed by atoms with van der Waals surface area (Å²) in [5.74, 6) is 7.00. The van der Waals surface area contributed by atoms with Crippen molar-refractivity contribution in [1.82, 2.24) is 0 Å². The van der Waals surface area contributed by atoms with Gasteiger partial charge in [0, 0.05) is 19.8 Å². The maximum atomic E-state index is 12.1. The van der Waals surface area contributed by atoms with Crippen LogP contribution in [0.1, 0.15) is 127 Å². The SMILES string of the molecule is C.C.C=CCC(=O)OCC.CCO.CCOC(C)OC(=O)C1CC2C3CCC(C3)C2C1.CCOC(C)OC(=O)C1CC2C3CCC(C3)C2C1. The van der Waals surface area contributed by atoms with Crippen molar-refractivity contribution in [2.24, 2.45) is 59.2 Å². The van der Waals surface area contributed by atoms with Crippen molar-refractivity contribution in [2.45, 2.75) is 140 Å². The first-order valence-corrected chi connectivity index (χ1v) is 18.6. The molecule has 6 aliphatic rings. The van der Waals surface area contributed by atoms with Gasteiger partial charge in [-0.2, -0.15) is 0 Å². The van der Waals surface area contributed by atoms with Crippen molar-refractivity contribution < 1.29 is 43.2 Å². The fourth-order valence-electron chi connectivity index (χ4n) is 9.81. The van der Waals surface area contributed by atoms with Crippen LogP contribution >= 0.6 is 0 Å². The van der Waals surface area contributed by atoms with E-state index in [1.807, 2.05) is 13.8 Å². The van der Waals surface area contributed by atoms with Crippen molar-refractivity contribution >= 4 is 17.9 Å². The molecule has 1 N–H and O–H groups in total. The summed E-state index contributed by atoms with van der Waals surface area (Å²) in [5.41, 5.74) is 0. The molecule has 0 spiro atoms. The molecule has 0 aliphatic heterocycles. The van der Waals surface area contributed by atoms with Crippen LogP contribution in [0.5, 0.6) is 0 Å². The van der Waals surface area contributed by atoms with Gasteiger partial charge in [0.15, 0.2) is 12.6 Å². The van der Waals surface area contributed by atoms with Crippen LogP contribution < -0.4 is 0 Å². The number of ether oxygens (including phenoxy) is 5. The number of hydrogen-bond donors (Lipinski definition) is 1. The van der Waals surface area contributed by atoms with Crippen LogP contribution in [0.4, 0.5) is 0 Å². The zero-order valence-electron chi connectivity index (χ0n) is 30.0. The Hall–Kier alpha value is -1.97. The van der Waals surface area contributed by atoms with E-state index in [2.05, 4.69) is 11.3 Å². The summed E-state index contributed by atoms with van der Waals surface area (Å²) in [6.45, 7) is 16.2. The first kappa shape index (κ1) is 45.1. The topological polar surface area (TPSA) is 118 Å². The summed E-state index contributed by atoms with van der Waals surface area (Å²) < 4.78 is 25.9. The monoisotopic (exact) mass is 697 g/mol. The Morgan fingerprint density at radius 1 is 0.653 bits per heavy atom. The number of carbonyl (C=O) groups excluding carboxylic acids is 3. The first-order chi connectivity index (χ1) is 22.6. The molecule has 0 radical (unpaired) electrons. The molecule has 0 aromatic carbocycles. The van der Waals surface area contributed by atoms with Gasteiger partial charge >= 0.3 is 17.9 Å². The van der Waals surface area contributed by atoms with Crippen LogP contribution in [-0.4, -0.2) is 62.0 Å². The van der Waals surface area contributed by atoms with E-state index in [0.29, 0.717) is 26.2 Å². The minimum Gasteiger partial charge on any atom is -0.466 e. The number of esters is 3. The number of rotatable bonds is 11. The van der Waals surface area contributed by atoms with Gasteiger partial charge in [-0.25, -0.2) is 0 Å². The lowest BCUT2D eigenvalue weighted by Crippen LogP contribution is -2.23. The van der Waals surface area contributed by atoms with Gasteiger partial charge in [-0.3, -0.25) is 14.4 Å². The molecule has 0 aromatic rings. The molecule has 6 saturated carbocycles. The largest absolute Gasteiger partial charge is 0.466 e. The zero-order valence-corrected chi connectivity index (χ0v) is 30.0. The van der Waals surface area contributed by atoms with Crippen molar-refractivity contribution in [3.8, 4) is 0 Å². The Kier molecular flexibility index (Phi) is 20.9. The summed E-state index contributed by atoms with van der Waals surface area (Å²) in [4.78, 5) is 34.5. The van der Waals surface area contributed by atoms with Gasteiger partial charge in [0.2, 0.25) is 0 Å². The number of fused-ring (bicyclic) bond motifs is 10. The lowest BCUT2D eigenvalue weighted by molar-refractivity contribution is -0.179. The Balaban J connectivity index is 0.000000369. The van der Waals surface area contributed by atoms with Crippen LogP contribution in [0.2, 0.25) is 0 Å². The van der Waals surface area contributed by atoms with Gasteiger partial charge in [-0.15, -0.1) is 6.58 Å². The Bertz CT molecular complexity index is 885. The zero-order chi connectivity index (χ0) is 34.5. The van der Waals surface area contributed by atoms with Crippen LogP contribution in [0, 0.1) is 59.2 Å². The summed E-state index contributed by atoms with van der Waals surface area (Å²) in [7, 11) is 0. The molecule has 0 heterocycles. The van der Waals surface area contributed by atoms with E-state index < -0.39 is 0 Å². The quantitative estimate of drug-likeness (QED) is 0.0984. The van der Waals surface area contributed by atoms with Crippen molar-refractivity contribution in [2.75, 3.05) is 26.4 Å². The second-order valence-corrected chi connectivity index (χ2v) is 14.2. The third-order valence-corrected chi connectivity index (χ3v) is 11.4. The number of aliphatic hydroxyl groups is 1. The van der Waals surface area contributed by atoms with Crippen LogP contribution in [0.3, 0.4) is 0 Å². The van der Waals surface area contributed by atoms with Crippen molar-refractivity contribution in [3.63, 3.8) is 0 Å². The Morgan fingerprint density at radius 3 is 1.24 bits per heavy atom. The maximum Gasteiger partial charge on any atom is 0.311 e. The molecule has 0 aromatic heterocycles. The molecule has 49 heavy (non-hydrogen) atoms. The standard InChI is InChI=1S/2C15H24O3.C6H10O2.C2H6O.2CH4/c2*1-3-17-9(2)18-15(16)12-7-13-10-4-5-11(6-10)14(13)8-12;1-3-5-6(7)8-4-2;1-2-3;;/h2*9-14H,3-8H2,1-2H3;3H,1,4-5H2,2H3;3H,2H2,1H3;2*1H4. The third-order valence-electron chi connectivity index (χ3n) is 11.4. The fraction of sp³-hybridized carbons (Fsp3) is 0.875. The minimum atomic E-state index is -0.389. The average molecular weight is 697 g/mol. The van der Waals surface area contributed by atoms with E-state index in [9.17, 15) is 14.4 Å². The van der Waals surface area contributed by atoms with Crippen molar-refractivity contribution in [3.05, 3.63) is 12.7 Å².